The number of hydrogen-bond donors (Lipinski definition) is 1. The molecule has 1 heterocycles. The number of rotatable bonds is 6. The zero-order valence-electron chi connectivity index (χ0n) is 13.4. The number of nitrogens with zero attached hydrogens (tertiary/aromatic N) is 1. The van der Waals surface area contributed by atoms with Gasteiger partial charge in [-0.25, -0.2) is 5.43 Å². The number of hydrazone groups is 1. The van der Waals surface area contributed by atoms with Gasteiger partial charge in [0.25, 0.3) is 0 Å². The molecule has 5 nitrogen and oxygen atoms in total. The third-order valence-corrected chi connectivity index (χ3v) is 4.67. The lowest BCUT2D eigenvalue weighted by Gasteiger charge is -2.19. The normalized spacial score (nSPS) is 13.0. The van der Waals surface area contributed by atoms with Crippen molar-refractivity contribution >= 4 is 35.5 Å². The van der Waals surface area contributed by atoms with Gasteiger partial charge in [-0.15, -0.1) is 11.8 Å². The summed E-state index contributed by atoms with van der Waals surface area (Å²) in [6, 6.07) is 13.1. The zero-order valence-corrected chi connectivity index (χ0v) is 15.0. The van der Waals surface area contributed by atoms with Crippen molar-refractivity contribution in [2.24, 2.45) is 5.10 Å². The lowest BCUT2D eigenvalue weighted by molar-refractivity contribution is -0.120. The van der Waals surface area contributed by atoms with E-state index in [1.807, 2.05) is 42.5 Å². The van der Waals surface area contributed by atoms with Crippen LogP contribution in [-0.4, -0.2) is 31.1 Å². The fraction of sp³-hybridized carbons (Fsp3) is 0.222. The topological polar surface area (TPSA) is 59.9 Å². The van der Waals surface area contributed by atoms with E-state index in [0.717, 1.165) is 10.5 Å². The number of thioether (sulfide) groups is 1. The Balaban J connectivity index is 1.46. The number of para-hydroxylation sites is 1. The van der Waals surface area contributed by atoms with Crippen molar-refractivity contribution in [2.75, 3.05) is 19.0 Å². The van der Waals surface area contributed by atoms with E-state index >= 15 is 0 Å². The van der Waals surface area contributed by atoms with E-state index < -0.39 is 0 Å². The van der Waals surface area contributed by atoms with E-state index in [1.165, 1.54) is 0 Å². The van der Waals surface area contributed by atoms with Gasteiger partial charge >= 0.3 is 0 Å². The maximum absolute atomic E-state index is 11.9. The summed E-state index contributed by atoms with van der Waals surface area (Å²) in [5.74, 6) is 1.88. The smallest absolute Gasteiger partial charge is 0.240 e. The van der Waals surface area contributed by atoms with E-state index in [1.54, 1.807) is 18.0 Å². The summed E-state index contributed by atoms with van der Waals surface area (Å²) < 4.78 is 11.1. The van der Waals surface area contributed by atoms with Gasteiger partial charge in [0.2, 0.25) is 5.91 Å². The standard InChI is InChI=1S/C18H17ClN2O3S/c19-14-4-6-15(7-5-14)25-11-8-17(22)21-20-12-13-2-1-3-16-18(13)24-10-9-23-16/h1-7,12H,8-11H2,(H,21,22). The molecular weight excluding hydrogens is 360 g/mol. The van der Waals surface area contributed by atoms with Gasteiger partial charge in [0.1, 0.15) is 13.2 Å². The Bertz CT molecular complexity index is 765. The van der Waals surface area contributed by atoms with Crippen LogP contribution in [0.15, 0.2) is 52.5 Å². The van der Waals surface area contributed by atoms with Crippen molar-refractivity contribution in [2.45, 2.75) is 11.3 Å². The first-order chi connectivity index (χ1) is 12.2. The monoisotopic (exact) mass is 376 g/mol. The molecule has 0 unspecified atom stereocenters. The van der Waals surface area contributed by atoms with Crippen molar-refractivity contribution in [3.05, 3.63) is 53.1 Å². The lowest BCUT2D eigenvalue weighted by Crippen LogP contribution is -2.19. The molecule has 2 aromatic rings. The molecule has 130 valence electrons. The SMILES string of the molecule is O=C(CCSc1ccc(Cl)cc1)NN=Cc1cccc2c1OCCO2. The fourth-order valence-electron chi connectivity index (χ4n) is 2.22. The number of fused-ring (bicyclic) bond motifs is 1. The van der Waals surface area contributed by atoms with Crippen LogP contribution in [0.3, 0.4) is 0 Å². The summed E-state index contributed by atoms with van der Waals surface area (Å²) in [7, 11) is 0. The van der Waals surface area contributed by atoms with Crippen LogP contribution in [-0.2, 0) is 4.79 Å². The third kappa shape index (κ3) is 5.14. The number of amides is 1. The minimum atomic E-state index is -0.139. The predicted octanol–water partition coefficient (Wildman–Crippen LogP) is 3.74. The van der Waals surface area contributed by atoms with Gasteiger partial charge in [0, 0.05) is 27.7 Å². The summed E-state index contributed by atoms with van der Waals surface area (Å²) >= 11 is 7.44. The number of hydrogen-bond acceptors (Lipinski definition) is 5. The number of carbonyl (C=O) groups excluding carboxylic acids is 1. The van der Waals surface area contributed by atoms with Crippen LogP contribution < -0.4 is 14.9 Å². The molecule has 3 rings (SSSR count). The fourth-order valence-corrected chi connectivity index (χ4v) is 3.20. The number of halogens is 1. The van der Waals surface area contributed by atoms with Crippen LogP contribution in [0.1, 0.15) is 12.0 Å². The van der Waals surface area contributed by atoms with Crippen LogP contribution >= 0.6 is 23.4 Å². The maximum Gasteiger partial charge on any atom is 0.240 e. The van der Waals surface area contributed by atoms with Gasteiger partial charge in [-0.05, 0) is 36.4 Å². The van der Waals surface area contributed by atoms with Crippen molar-refractivity contribution in [1.82, 2.24) is 5.43 Å². The van der Waals surface area contributed by atoms with E-state index in [2.05, 4.69) is 10.5 Å². The molecule has 0 aromatic heterocycles. The van der Waals surface area contributed by atoms with Crippen molar-refractivity contribution < 1.29 is 14.3 Å². The second-order valence-corrected chi connectivity index (χ2v) is 6.82. The molecule has 7 heteroatoms. The third-order valence-electron chi connectivity index (χ3n) is 3.40. The average molecular weight is 377 g/mol. The van der Waals surface area contributed by atoms with E-state index in [-0.39, 0.29) is 5.91 Å². The van der Waals surface area contributed by atoms with Crippen molar-refractivity contribution in [1.29, 1.82) is 0 Å². The Morgan fingerprint density at radius 1 is 1.20 bits per heavy atom. The molecule has 0 saturated carbocycles. The highest BCUT2D eigenvalue weighted by Crippen LogP contribution is 2.32. The Morgan fingerprint density at radius 3 is 2.84 bits per heavy atom. The van der Waals surface area contributed by atoms with Gasteiger partial charge in [-0.2, -0.15) is 5.10 Å². The van der Waals surface area contributed by atoms with Crippen molar-refractivity contribution in [3.63, 3.8) is 0 Å². The van der Waals surface area contributed by atoms with Crippen LogP contribution in [0.4, 0.5) is 0 Å². The largest absolute Gasteiger partial charge is 0.486 e. The van der Waals surface area contributed by atoms with E-state index in [0.29, 0.717) is 41.9 Å². The number of carbonyl (C=O) groups is 1. The summed E-state index contributed by atoms with van der Waals surface area (Å²) in [6.45, 7) is 1.04. The van der Waals surface area contributed by atoms with Gasteiger partial charge in [0.05, 0.1) is 6.21 Å². The number of benzene rings is 2. The molecule has 1 aliphatic heterocycles. The summed E-state index contributed by atoms with van der Waals surface area (Å²) in [5.41, 5.74) is 3.30. The van der Waals surface area contributed by atoms with Crippen LogP contribution in [0.25, 0.3) is 0 Å². The lowest BCUT2D eigenvalue weighted by atomic mass is 10.2. The molecule has 1 amide bonds. The molecule has 0 fully saturated rings. The quantitative estimate of drug-likeness (QED) is 0.474. The van der Waals surface area contributed by atoms with Crippen LogP contribution in [0, 0.1) is 0 Å². The Morgan fingerprint density at radius 2 is 2.00 bits per heavy atom. The molecule has 2 aromatic carbocycles. The van der Waals surface area contributed by atoms with Gasteiger partial charge in [-0.1, -0.05) is 17.7 Å². The summed E-state index contributed by atoms with van der Waals surface area (Å²) in [5, 5.41) is 4.70. The highest BCUT2D eigenvalue weighted by Gasteiger charge is 2.14. The van der Waals surface area contributed by atoms with Crippen LogP contribution in [0.2, 0.25) is 5.02 Å². The molecular formula is C18H17ClN2O3S. The first kappa shape index (κ1) is 17.6. The van der Waals surface area contributed by atoms with E-state index in [9.17, 15) is 4.79 Å². The highest BCUT2D eigenvalue weighted by molar-refractivity contribution is 7.99. The Labute approximate surface area is 155 Å². The Kier molecular flexibility index (Phi) is 6.19. The zero-order chi connectivity index (χ0) is 17.5. The number of nitrogens with one attached hydrogen (secondary N) is 1. The average Bonchev–Trinajstić information content (AvgIpc) is 2.64. The molecule has 1 N–H and O–H groups in total. The highest BCUT2D eigenvalue weighted by atomic mass is 35.5. The molecule has 1 aliphatic rings. The van der Waals surface area contributed by atoms with Gasteiger partial charge < -0.3 is 9.47 Å². The molecule has 0 bridgehead atoms. The Hall–Kier alpha value is -2.18. The van der Waals surface area contributed by atoms with Gasteiger partial charge in [-0.3, -0.25) is 4.79 Å². The number of ether oxygens (including phenoxy) is 2. The molecule has 25 heavy (non-hydrogen) atoms. The second-order valence-electron chi connectivity index (χ2n) is 5.22. The molecule has 0 saturated heterocycles. The second kappa shape index (κ2) is 8.78. The van der Waals surface area contributed by atoms with Crippen molar-refractivity contribution in [3.8, 4) is 11.5 Å². The minimum Gasteiger partial charge on any atom is -0.486 e. The molecule has 0 aliphatic carbocycles. The first-order valence-corrected chi connectivity index (χ1v) is 9.17. The summed E-state index contributed by atoms with van der Waals surface area (Å²) in [4.78, 5) is 12.9. The maximum atomic E-state index is 11.9. The predicted molar refractivity (Wildman–Crippen MR) is 100.0 cm³/mol. The molecule has 0 atom stereocenters. The summed E-state index contributed by atoms with van der Waals surface area (Å²) in [6.07, 6.45) is 1.94. The molecule has 0 spiro atoms. The van der Waals surface area contributed by atoms with E-state index in [4.69, 9.17) is 21.1 Å². The molecule has 0 radical (unpaired) electrons. The first-order valence-electron chi connectivity index (χ1n) is 7.81. The minimum absolute atomic E-state index is 0.139. The van der Waals surface area contributed by atoms with Crippen LogP contribution in [0.5, 0.6) is 11.5 Å². The van der Waals surface area contributed by atoms with Gasteiger partial charge in [0.15, 0.2) is 11.5 Å².